The van der Waals surface area contributed by atoms with Crippen LogP contribution in [0.1, 0.15) is 44.1 Å². The molecule has 2 bridgehead atoms. The molecule has 0 spiro atoms. The van der Waals surface area contributed by atoms with Crippen molar-refractivity contribution in [3.05, 3.63) is 34.3 Å². The number of rotatable bonds is 3. The highest BCUT2D eigenvalue weighted by atomic mass is 79.9. The summed E-state index contributed by atoms with van der Waals surface area (Å²) in [7, 11) is 0. The zero-order valence-electron chi connectivity index (χ0n) is 12.5. The molecule has 2 heterocycles. The van der Waals surface area contributed by atoms with Crippen molar-refractivity contribution in [1.29, 1.82) is 0 Å². The number of amides is 1. The van der Waals surface area contributed by atoms with Gasteiger partial charge in [0, 0.05) is 22.6 Å². The Morgan fingerprint density at radius 1 is 1.23 bits per heavy atom. The first-order chi connectivity index (χ1) is 10.2. The molecule has 1 aromatic carbocycles. The third-order valence-corrected chi connectivity index (χ3v) is 5.86. The van der Waals surface area contributed by atoms with Gasteiger partial charge in [0.2, 0.25) is 5.91 Å². The van der Waals surface area contributed by atoms with Crippen molar-refractivity contribution >= 4 is 34.2 Å². The monoisotopic (exact) mass is 384 g/mol. The molecule has 1 amide bonds. The van der Waals surface area contributed by atoms with Crippen molar-refractivity contribution in [3.63, 3.8) is 0 Å². The Bertz CT molecular complexity index is 564. The molecule has 2 aliphatic heterocycles. The highest BCUT2D eigenvalue weighted by molar-refractivity contribution is 9.10. The van der Waals surface area contributed by atoms with Crippen molar-refractivity contribution < 1.29 is 4.79 Å². The maximum atomic E-state index is 12.8. The van der Waals surface area contributed by atoms with Crippen LogP contribution in [0.25, 0.3) is 0 Å². The van der Waals surface area contributed by atoms with Crippen LogP contribution in [0.15, 0.2) is 28.7 Å². The van der Waals surface area contributed by atoms with Crippen LogP contribution in [0.5, 0.6) is 0 Å². The number of hydrogen-bond donors (Lipinski definition) is 2. The third-order valence-electron chi connectivity index (χ3n) is 5.37. The standard InChI is InChI=1S/C17H21BrN2O.ClH/c18-12-3-1-2-11(8-12)17(6-7-17)16(21)20-15-9-13-4-5-14(10-15)19-13;/h1-3,8,13-15,19H,4-7,9-10H2,(H,20,21);1H. The molecule has 3 nitrogen and oxygen atoms in total. The van der Waals surface area contributed by atoms with Gasteiger partial charge < -0.3 is 10.6 Å². The number of hydrogen-bond acceptors (Lipinski definition) is 2. The molecule has 3 fully saturated rings. The average molecular weight is 386 g/mol. The molecule has 0 aromatic heterocycles. The van der Waals surface area contributed by atoms with Crippen LogP contribution < -0.4 is 10.6 Å². The predicted octanol–water partition coefficient (Wildman–Crippen LogP) is 3.30. The Morgan fingerprint density at radius 2 is 1.91 bits per heavy atom. The van der Waals surface area contributed by atoms with E-state index in [9.17, 15) is 4.79 Å². The van der Waals surface area contributed by atoms with Crippen molar-refractivity contribution in [2.75, 3.05) is 0 Å². The summed E-state index contributed by atoms with van der Waals surface area (Å²) < 4.78 is 1.05. The summed E-state index contributed by atoms with van der Waals surface area (Å²) in [5, 5.41) is 6.98. The first-order valence-corrected chi connectivity index (χ1v) is 8.78. The van der Waals surface area contributed by atoms with E-state index in [1.165, 1.54) is 12.8 Å². The van der Waals surface area contributed by atoms with E-state index >= 15 is 0 Å². The first-order valence-electron chi connectivity index (χ1n) is 7.99. The van der Waals surface area contributed by atoms with Crippen LogP contribution >= 0.6 is 28.3 Å². The van der Waals surface area contributed by atoms with Gasteiger partial charge in [-0.25, -0.2) is 0 Å². The average Bonchev–Trinajstić information content (AvgIpc) is 3.21. The molecule has 2 N–H and O–H groups in total. The Hall–Kier alpha value is -0.580. The molecular formula is C17H22BrClN2O. The Balaban J connectivity index is 0.00000144. The van der Waals surface area contributed by atoms with E-state index in [4.69, 9.17) is 0 Å². The van der Waals surface area contributed by atoms with E-state index in [1.54, 1.807) is 0 Å². The van der Waals surface area contributed by atoms with E-state index < -0.39 is 0 Å². The van der Waals surface area contributed by atoms with Gasteiger partial charge in [0.15, 0.2) is 0 Å². The molecule has 5 heteroatoms. The number of carbonyl (C=O) groups is 1. The summed E-state index contributed by atoms with van der Waals surface area (Å²) in [4.78, 5) is 12.8. The Morgan fingerprint density at radius 3 is 2.50 bits per heavy atom. The van der Waals surface area contributed by atoms with Gasteiger partial charge in [-0.2, -0.15) is 0 Å². The minimum Gasteiger partial charge on any atom is -0.352 e. The number of piperidine rings is 1. The molecule has 2 saturated heterocycles. The number of fused-ring (bicyclic) bond motifs is 2. The fourth-order valence-corrected chi connectivity index (χ4v) is 4.46. The predicted molar refractivity (Wildman–Crippen MR) is 93.4 cm³/mol. The molecule has 120 valence electrons. The van der Waals surface area contributed by atoms with Crippen LogP contribution in [0.4, 0.5) is 0 Å². The molecule has 2 atom stereocenters. The molecule has 1 aliphatic carbocycles. The molecule has 1 saturated carbocycles. The number of benzene rings is 1. The van der Waals surface area contributed by atoms with Crippen LogP contribution in [-0.4, -0.2) is 24.0 Å². The van der Waals surface area contributed by atoms with Gasteiger partial charge in [0.1, 0.15) is 0 Å². The van der Waals surface area contributed by atoms with Crippen LogP contribution in [0.3, 0.4) is 0 Å². The zero-order chi connectivity index (χ0) is 14.4. The van der Waals surface area contributed by atoms with Gasteiger partial charge in [-0.3, -0.25) is 4.79 Å². The highest BCUT2D eigenvalue weighted by Crippen LogP contribution is 2.49. The van der Waals surface area contributed by atoms with E-state index in [2.05, 4.69) is 38.7 Å². The van der Waals surface area contributed by atoms with E-state index in [-0.39, 0.29) is 23.7 Å². The molecule has 3 aliphatic rings. The van der Waals surface area contributed by atoms with Gasteiger partial charge in [-0.1, -0.05) is 28.1 Å². The summed E-state index contributed by atoms with van der Waals surface area (Å²) in [6, 6.07) is 9.83. The van der Waals surface area contributed by atoms with Gasteiger partial charge >= 0.3 is 0 Å². The molecule has 22 heavy (non-hydrogen) atoms. The topological polar surface area (TPSA) is 41.1 Å². The lowest BCUT2D eigenvalue weighted by Crippen LogP contribution is -2.50. The molecule has 4 rings (SSSR count). The number of halogens is 2. The second-order valence-corrected chi connectivity index (χ2v) is 7.79. The fraction of sp³-hybridized carbons (Fsp3) is 0.588. The molecule has 0 radical (unpaired) electrons. The summed E-state index contributed by atoms with van der Waals surface area (Å²) in [5.74, 6) is 0.243. The lowest BCUT2D eigenvalue weighted by atomic mass is 9.93. The summed E-state index contributed by atoms with van der Waals surface area (Å²) in [6.07, 6.45) is 6.69. The molecule has 2 unspecified atom stereocenters. The van der Waals surface area contributed by atoms with Crippen LogP contribution in [0, 0.1) is 0 Å². The van der Waals surface area contributed by atoms with E-state index in [0.717, 1.165) is 35.7 Å². The van der Waals surface area contributed by atoms with Crippen molar-refractivity contribution in [1.82, 2.24) is 10.6 Å². The SMILES string of the molecule is Cl.O=C(NC1CC2CCC(C1)N2)C1(c2cccc(Br)c2)CC1. The smallest absolute Gasteiger partial charge is 0.230 e. The van der Waals surface area contributed by atoms with Crippen molar-refractivity contribution in [2.45, 2.75) is 62.1 Å². The normalized spacial score (nSPS) is 31.2. The van der Waals surface area contributed by atoms with Gasteiger partial charge in [0.25, 0.3) is 0 Å². The minimum atomic E-state index is -0.256. The summed E-state index contributed by atoms with van der Waals surface area (Å²) in [6.45, 7) is 0. The Kier molecular flexibility index (Phi) is 4.54. The van der Waals surface area contributed by atoms with E-state index in [0.29, 0.717) is 18.1 Å². The maximum Gasteiger partial charge on any atom is 0.230 e. The lowest BCUT2D eigenvalue weighted by molar-refractivity contribution is -0.124. The van der Waals surface area contributed by atoms with Crippen molar-refractivity contribution in [2.24, 2.45) is 0 Å². The van der Waals surface area contributed by atoms with Gasteiger partial charge in [0.05, 0.1) is 5.41 Å². The summed E-state index contributed by atoms with van der Waals surface area (Å²) >= 11 is 3.51. The second-order valence-electron chi connectivity index (χ2n) is 6.87. The maximum absolute atomic E-state index is 12.8. The zero-order valence-corrected chi connectivity index (χ0v) is 14.9. The van der Waals surface area contributed by atoms with Gasteiger partial charge in [-0.05, 0) is 56.2 Å². The van der Waals surface area contributed by atoms with Crippen LogP contribution in [-0.2, 0) is 10.2 Å². The minimum absolute atomic E-state index is 0. The first kappa shape index (κ1) is 16.3. The highest BCUT2D eigenvalue weighted by Gasteiger charge is 2.52. The Labute approximate surface area is 146 Å². The van der Waals surface area contributed by atoms with E-state index in [1.807, 2.05) is 12.1 Å². The summed E-state index contributed by atoms with van der Waals surface area (Å²) in [5.41, 5.74) is 0.902. The largest absolute Gasteiger partial charge is 0.352 e. The lowest BCUT2D eigenvalue weighted by Gasteiger charge is -2.31. The second kappa shape index (κ2) is 6.14. The molecule has 1 aromatic rings. The fourth-order valence-electron chi connectivity index (χ4n) is 4.06. The number of nitrogens with one attached hydrogen (secondary N) is 2. The third kappa shape index (κ3) is 2.93. The quantitative estimate of drug-likeness (QED) is 0.838. The van der Waals surface area contributed by atoms with Crippen molar-refractivity contribution in [3.8, 4) is 0 Å². The molecular weight excluding hydrogens is 364 g/mol. The van der Waals surface area contributed by atoms with Crippen LogP contribution in [0.2, 0.25) is 0 Å². The van der Waals surface area contributed by atoms with Gasteiger partial charge in [-0.15, -0.1) is 12.4 Å². The number of carbonyl (C=O) groups excluding carboxylic acids is 1.